The summed E-state index contributed by atoms with van der Waals surface area (Å²) >= 11 is 1.51. The van der Waals surface area contributed by atoms with Gasteiger partial charge in [-0.05, 0) is 49.4 Å². The van der Waals surface area contributed by atoms with E-state index in [0.29, 0.717) is 12.4 Å². The molecule has 0 atom stereocenters. The van der Waals surface area contributed by atoms with Gasteiger partial charge < -0.3 is 19.7 Å². The molecule has 0 bridgehead atoms. The summed E-state index contributed by atoms with van der Waals surface area (Å²) in [4.78, 5) is 15.6. The van der Waals surface area contributed by atoms with Crippen molar-refractivity contribution < 1.29 is 14.3 Å². The number of morpholine rings is 1. The number of thioether (sulfide) groups is 1. The van der Waals surface area contributed by atoms with Crippen molar-refractivity contribution in [2.45, 2.75) is 11.8 Å². The Morgan fingerprint density at radius 3 is 2.69 bits per heavy atom. The SMILES string of the molecule is CCOc1ccc(SCC(=O)Nc2cccc(N3CCOCC3)c2)cc1. The van der Waals surface area contributed by atoms with Gasteiger partial charge in [-0.2, -0.15) is 0 Å². The van der Waals surface area contributed by atoms with Gasteiger partial charge in [-0.1, -0.05) is 6.07 Å². The molecule has 0 spiro atoms. The predicted molar refractivity (Wildman–Crippen MR) is 106 cm³/mol. The predicted octanol–water partition coefficient (Wildman–Crippen LogP) is 3.65. The number of rotatable bonds is 7. The maximum Gasteiger partial charge on any atom is 0.234 e. The van der Waals surface area contributed by atoms with Crippen molar-refractivity contribution in [2.24, 2.45) is 0 Å². The number of ether oxygens (including phenoxy) is 2. The first kappa shape index (κ1) is 18.6. The van der Waals surface area contributed by atoms with Gasteiger partial charge in [0.05, 0.1) is 25.6 Å². The molecule has 1 fully saturated rings. The van der Waals surface area contributed by atoms with Crippen LogP contribution >= 0.6 is 11.8 Å². The van der Waals surface area contributed by atoms with Crippen LogP contribution in [-0.2, 0) is 9.53 Å². The minimum absolute atomic E-state index is 0.0111. The van der Waals surface area contributed by atoms with Gasteiger partial charge >= 0.3 is 0 Å². The molecule has 1 saturated heterocycles. The number of carbonyl (C=O) groups is 1. The Morgan fingerprint density at radius 1 is 1.19 bits per heavy atom. The molecule has 5 nitrogen and oxygen atoms in total. The normalized spacial score (nSPS) is 14.1. The molecule has 0 saturated carbocycles. The quantitative estimate of drug-likeness (QED) is 0.752. The summed E-state index contributed by atoms with van der Waals surface area (Å²) in [6, 6.07) is 15.8. The lowest BCUT2D eigenvalue weighted by atomic mass is 10.2. The van der Waals surface area contributed by atoms with E-state index in [4.69, 9.17) is 9.47 Å². The van der Waals surface area contributed by atoms with Crippen LogP contribution in [0.15, 0.2) is 53.4 Å². The number of amides is 1. The lowest BCUT2D eigenvalue weighted by molar-refractivity contribution is -0.113. The Labute approximate surface area is 158 Å². The zero-order chi connectivity index (χ0) is 18.2. The highest BCUT2D eigenvalue weighted by Gasteiger charge is 2.12. The van der Waals surface area contributed by atoms with Crippen molar-refractivity contribution in [1.29, 1.82) is 0 Å². The second-order valence-electron chi connectivity index (χ2n) is 5.89. The fourth-order valence-corrected chi connectivity index (χ4v) is 3.45. The summed E-state index contributed by atoms with van der Waals surface area (Å²) in [6.07, 6.45) is 0. The molecule has 26 heavy (non-hydrogen) atoms. The highest BCUT2D eigenvalue weighted by atomic mass is 32.2. The number of anilines is 2. The summed E-state index contributed by atoms with van der Waals surface area (Å²) in [5, 5.41) is 2.98. The first-order valence-corrected chi connectivity index (χ1v) is 9.81. The van der Waals surface area contributed by atoms with Crippen LogP contribution in [0.3, 0.4) is 0 Å². The number of hydrogen-bond donors (Lipinski definition) is 1. The third kappa shape index (κ3) is 5.41. The Balaban J connectivity index is 1.51. The van der Waals surface area contributed by atoms with Crippen molar-refractivity contribution >= 4 is 29.0 Å². The lowest BCUT2D eigenvalue weighted by Gasteiger charge is -2.29. The van der Waals surface area contributed by atoms with E-state index < -0.39 is 0 Å². The summed E-state index contributed by atoms with van der Waals surface area (Å²) in [7, 11) is 0. The van der Waals surface area contributed by atoms with Crippen LogP contribution < -0.4 is 15.0 Å². The van der Waals surface area contributed by atoms with Gasteiger partial charge in [0.15, 0.2) is 0 Å². The summed E-state index contributed by atoms with van der Waals surface area (Å²) < 4.78 is 10.8. The third-order valence-electron chi connectivity index (χ3n) is 4.01. The van der Waals surface area contributed by atoms with E-state index in [-0.39, 0.29) is 5.91 Å². The van der Waals surface area contributed by atoms with Gasteiger partial charge in [0.25, 0.3) is 0 Å². The van der Waals surface area contributed by atoms with Crippen molar-refractivity contribution in [2.75, 3.05) is 48.9 Å². The molecule has 6 heteroatoms. The van der Waals surface area contributed by atoms with Gasteiger partial charge in [-0.25, -0.2) is 0 Å². The topological polar surface area (TPSA) is 50.8 Å². The molecule has 2 aromatic rings. The van der Waals surface area contributed by atoms with Gasteiger partial charge in [0.2, 0.25) is 5.91 Å². The van der Waals surface area contributed by atoms with Crippen molar-refractivity contribution in [3.05, 3.63) is 48.5 Å². The second-order valence-corrected chi connectivity index (χ2v) is 6.94. The van der Waals surface area contributed by atoms with E-state index in [0.717, 1.165) is 48.3 Å². The van der Waals surface area contributed by atoms with Gasteiger partial charge in [0.1, 0.15) is 5.75 Å². The number of carbonyl (C=O) groups excluding carboxylic acids is 1. The first-order chi connectivity index (χ1) is 12.7. The van der Waals surface area contributed by atoms with Gasteiger partial charge in [-0.3, -0.25) is 4.79 Å². The average molecular weight is 372 g/mol. The highest BCUT2D eigenvalue weighted by Crippen LogP contribution is 2.23. The molecule has 1 amide bonds. The van der Waals surface area contributed by atoms with Crippen LogP contribution in [0.25, 0.3) is 0 Å². The van der Waals surface area contributed by atoms with Crippen LogP contribution in [0.1, 0.15) is 6.92 Å². The molecule has 1 aliphatic rings. The molecule has 0 aromatic heterocycles. The fourth-order valence-electron chi connectivity index (χ4n) is 2.75. The Kier molecular flexibility index (Phi) is 6.80. The Hall–Kier alpha value is -2.18. The van der Waals surface area contributed by atoms with Crippen molar-refractivity contribution in [1.82, 2.24) is 0 Å². The van der Waals surface area contributed by atoms with Crippen LogP contribution in [0, 0.1) is 0 Å². The summed E-state index contributed by atoms with van der Waals surface area (Å²) in [5.74, 6) is 1.21. The molecule has 2 aromatic carbocycles. The van der Waals surface area contributed by atoms with Crippen LogP contribution in [0.4, 0.5) is 11.4 Å². The lowest BCUT2D eigenvalue weighted by Crippen LogP contribution is -2.36. The van der Waals surface area contributed by atoms with Crippen molar-refractivity contribution in [3.63, 3.8) is 0 Å². The van der Waals surface area contributed by atoms with E-state index in [9.17, 15) is 4.79 Å². The largest absolute Gasteiger partial charge is 0.494 e. The molecule has 1 heterocycles. The molecule has 0 aliphatic carbocycles. The van der Waals surface area contributed by atoms with E-state index in [1.807, 2.05) is 49.4 Å². The standard InChI is InChI=1S/C20H24N2O3S/c1-2-25-18-6-8-19(9-7-18)26-15-20(23)21-16-4-3-5-17(14-16)22-10-12-24-13-11-22/h3-9,14H,2,10-13,15H2,1H3,(H,21,23). The number of hydrogen-bond acceptors (Lipinski definition) is 5. The minimum atomic E-state index is -0.0111. The minimum Gasteiger partial charge on any atom is -0.494 e. The van der Waals surface area contributed by atoms with Crippen molar-refractivity contribution in [3.8, 4) is 5.75 Å². The average Bonchev–Trinajstić information content (AvgIpc) is 2.69. The zero-order valence-corrected chi connectivity index (χ0v) is 15.8. The van der Waals surface area contributed by atoms with Crippen LogP contribution in [-0.4, -0.2) is 44.6 Å². The smallest absolute Gasteiger partial charge is 0.234 e. The maximum absolute atomic E-state index is 12.3. The molecule has 1 N–H and O–H groups in total. The van der Waals surface area contributed by atoms with E-state index in [1.165, 1.54) is 11.8 Å². The zero-order valence-electron chi connectivity index (χ0n) is 14.9. The fraction of sp³-hybridized carbons (Fsp3) is 0.350. The molecule has 3 rings (SSSR count). The van der Waals surface area contributed by atoms with Gasteiger partial charge in [-0.15, -0.1) is 11.8 Å². The molecular weight excluding hydrogens is 348 g/mol. The van der Waals surface area contributed by atoms with E-state index in [2.05, 4.69) is 16.3 Å². The van der Waals surface area contributed by atoms with Crippen LogP contribution in [0.2, 0.25) is 0 Å². The van der Waals surface area contributed by atoms with E-state index >= 15 is 0 Å². The number of nitrogens with zero attached hydrogens (tertiary/aromatic N) is 1. The Bertz CT molecular complexity index is 715. The molecule has 0 radical (unpaired) electrons. The number of nitrogens with one attached hydrogen (secondary N) is 1. The second kappa shape index (κ2) is 9.50. The molecular formula is C20H24N2O3S. The highest BCUT2D eigenvalue weighted by molar-refractivity contribution is 8.00. The molecule has 138 valence electrons. The Morgan fingerprint density at radius 2 is 1.96 bits per heavy atom. The van der Waals surface area contributed by atoms with Gasteiger partial charge in [0, 0.05) is 29.4 Å². The first-order valence-electron chi connectivity index (χ1n) is 8.83. The summed E-state index contributed by atoms with van der Waals surface area (Å²) in [5.41, 5.74) is 1.94. The molecule has 1 aliphatic heterocycles. The number of benzene rings is 2. The van der Waals surface area contributed by atoms with E-state index in [1.54, 1.807) is 0 Å². The monoisotopic (exact) mass is 372 g/mol. The van der Waals surface area contributed by atoms with Crippen LogP contribution in [0.5, 0.6) is 5.75 Å². The third-order valence-corrected chi connectivity index (χ3v) is 5.02. The maximum atomic E-state index is 12.3. The summed E-state index contributed by atoms with van der Waals surface area (Å²) in [6.45, 7) is 5.86. The molecule has 0 unspecified atom stereocenters.